The maximum atomic E-state index is 14.0. The lowest BCUT2D eigenvalue weighted by Crippen LogP contribution is -2.45. The first kappa shape index (κ1) is 22.9. The number of carbonyl (C=O) groups is 1. The number of hydrogen-bond donors (Lipinski definition) is 0. The molecule has 0 unspecified atom stereocenters. The minimum atomic E-state index is -3.80. The van der Waals surface area contributed by atoms with E-state index < -0.39 is 20.5 Å². The topological polar surface area (TPSA) is 113 Å². The van der Waals surface area contributed by atoms with Crippen LogP contribution in [-0.4, -0.2) is 49.0 Å². The molecule has 1 aromatic carbocycles. The van der Waals surface area contributed by atoms with E-state index in [0.29, 0.717) is 23.5 Å². The fourth-order valence-corrected chi connectivity index (χ4v) is 7.64. The van der Waals surface area contributed by atoms with Crippen LogP contribution in [-0.2, 0) is 23.3 Å². The molecule has 12 heteroatoms. The molecule has 2 aliphatic carbocycles. The van der Waals surface area contributed by atoms with E-state index in [1.165, 1.54) is 34.5 Å². The Balaban J connectivity index is 1.45. The van der Waals surface area contributed by atoms with Crippen LogP contribution >= 0.6 is 11.3 Å². The van der Waals surface area contributed by atoms with Gasteiger partial charge in [-0.15, -0.1) is 16.4 Å². The summed E-state index contributed by atoms with van der Waals surface area (Å²) in [6.45, 7) is 0. The molecule has 36 heavy (non-hydrogen) atoms. The summed E-state index contributed by atoms with van der Waals surface area (Å²) in [4.78, 5) is 24.0. The van der Waals surface area contributed by atoms with Gasteiger partial charge in [0.25, 0.3) is 0 Å². The van der Waals surface area contributed by atoms with Crippen molar-refractivity contribution in [1.82, 2.24) is 29.5 Å². The van der Waals surface area contributed by atoms with Gasteiger partial charge in [-0.25, -0.2) is 22.8 Å². The second-order valence-electron chi connectivity index (χ2n) is 9.10. The summed E-state index contributed by atoms with van der Waals surface area (Å²) in [6.07, 6.45) is 7.58. The Morgan fingerprint density at radius 1 is 1.22 bits per heavy atom. The van der Waals surface area contributed by atoms with Crippen molar-refractivity contribution in [3.8, 4) is 5.69 Å². The number of allylic oxidation sites excluding steroid dienone is 1. The van der Waals surface area contributed by atoms with Gasteiger partial charge in [0, 0.05) is 30.7 Å². The Morgan fingerprint density at radius 2 is 2.03 bits per heavy atom. The Bertz CT molecular complexity index is 1610. The molecule has 184 valence electrons. The number of imidazole rings is 1. The SMILES string of the molecule is Cn1ncc(S(=O)(=O)[C@H]2CCC3=Cc4c(ncn4-c4ccc(F)cc4)C[C@]3(C(=O)c3nccs3)C2)n1. The predicted molar refractivity (Wildman–Crippen MR) is 130 cm³/mol. The van der Waals surface area contributed by atoms with Gasteiger partial charge in [0.2, 0.25) is 15.6 Å². The second kappa shape index (κ2) is 8.27. The maximum Gasteiger partial charge on any atom is 0.201 e. The van der Waals surface area contributed by atoms with Crippen LogP contribution in [0.1, 0.15) is 40.5 Å². The number of aromatic nitrogens is 6. The third-order valence-corrected chi connectivity index (χ3v) is 9.89. The number of halogens is 1. The number of fused-ring (bicyclic) bond motifs is 2. The molecule has 6 rings (SSSR count). The molecule has 2 atom stereocenters. The first-order valence-corrected chi connectivity index (χ1v) is 13.8. The van der Waals surface area contributed by atoms with E-state index >= 15 is 0 Å². The summed E-state index contributed by atoms with van der Waals surface area (Å²) in [5, 5.41) is 9.15. The summed E-state index contributed by atoms with van der Waals surface area (Å²) in [7, 11) is -2.24. The molecule has 9 nitrogen and oxygen atoms in total. The molecule has 0 aliphatic heterocycles. The molecule has 0 bridgehead atoms. The van der Waals surface area contributed by atoms with Crippen molar-refractivity contribution in [2.75, 3.05) is 0 Å². The average molecular weight is 525 g/mol. The monoisotopic (exact) mass is 524 g/mol. The molecule has 0 radical (unpaired) electrons. The molecule has 3 aromatic heterocycles. The number of aryl methyl sites for hydroxylation is 1. The highest BCUT2D eigenvalue weighted by molar-refractivity contribution is 7.92. The van der Waals surface area contributed by atoms with Gasteiger partial charge in [-0.3, -0.25) is 9.36 Å². The number of Topliss-reactive ketones (excluding diaryl/α,β-unsaturated/α-hetero) is 1. The fourth-order valence-electron chi connectivity index (χ4n) is 5.27. The van der Waals surface area contributed by atoms with Crippen LogP contribution in [0.2, 0.25) is 0 Å². The Kier molecular flexibility index (Phi) is 5.27. The van der Waals surface area contributed by atoms with Crippen molar-refractivity contribution < 1.29 is 17.6 Å². The highest BCUT2D eigenvalue weighted by Gasteiger charge is 2.52. The Morgan fingerprint density at radius 3 is 2.72 bits per heavy atom. The van der Waals surface area contributed by atoms with Crippen LogP contribution in [0.3, 0.4) is 0 Å². The maximum absolute atomic E-state index is 14.0. The van der Waals surface area contributed by atoms with Gasteiger partial charge < -0.3 is 0 Å². The average Bonchev–Trinajstić information content (AvgIpc) is 3.63. The molecule has 1 saturated carbocycles. The lowest BCUT2D eigenvalue weighted by atomic mass is 9.62. The van der Waals surface area contributed by atoms with E-state index in [-0.39, 0.29) is 29.5 Å². The van der Waals surface area contributed by atoms with Gasteiger partial charge in [-0.05, 0) is 49.6 Å². The number of benzene rings is 1. The van der Waals surface area contributed by atoms with Crippen LogP contribution in [0.25, 0.3) is 11.8 Å². The number of thiazole rings is 1. The minimum Gasteiger partial charge on any atom is -0.299 e. The third kappa shape index (κ3) is 3.54. The molecule has 0 amide bonds. The van der Waals surface area contributed by atoms with Crippen molar-refractivity contribution in [3.63, 3.8) is 0 Å². The number of sulfone groups is 1. The van der Waals surface area contributed by atoms with Crippen molar-refractivity contribution in [1.29, 1.82) is 0 Å². The standard InChI is InChI=1S/C24H21FN6O3S2/c1-30-28-13-21(29-30)36(33,34)18-7-2-15-10-20-19(27-14-31(20)17-5-3-16(25)4-6-17)12-24(15,11-18)22(32)23-26-8-9-35-23/h3-6,8-10,13-14,18H,2,7,11-12H2,1H3/t18-,24+/m0/s1. The Labute approximate surface area is 210 Å². The minimum absolute atomic E-state index is 0.0867. The van der Waals surface area contributed by atoms with Crippen LogP contribution < -0.4 is 0 Å². The summed E-state index contributed by atoms with van der Waals surface area (Å²) in [5.41, 5.74) is 2.04. The van der Waals surface area contributed by atoms with Crippen molar-refractivity contribution in [3.05, 3.63) is 76.2 Å². The zero-order valence-corrected chi connectivity index (χ0v) is 20.8. The highest BCUT2D eigenvalue weighted by atomic mass is 32.2. The van der Waals surface area contributed by atoms with Gasteiger partial charge in [0.1, 0.15) is 5.82 Å². The molecule has 0 saturated heterocycles. The normalized spacial score (nSPS) is 21.5. The smallest absolute Gasteiger partial charge is 0.201 e. The van der Waals surface area contributed by atoms with Crippen molar-refractivity contribution >= 4 is 33.0 Å². The lowest BCUT2D eigenvalue weighted by molar-refractivity contribution is 0.0800. The summed E-state index contributed by atoms with van der Waals surface area (Å²) < 4.78 is 42.3. The number of rotatable bonds is 5. The van der Waals surface area contributed by atoms with Crippen LogP contribution in [0.4, 0.5) is 4.39 Å². The molecular weight excluding hydrogens is 503 g/mol. The third-order valence-electron chi connectivity index (χ3n) is 7.07. The lowest BCUT2D eigenvalue weighted by Gasteiger charge is -2.42. The van der Waals surface area contributed by atoms with E-state index in [1.807, 2.05) is 10.6 Å². The first-order chi connectivity index (χ1) is 17.3. The van der Waals surface area contributed by atoms with Gasteiger partial charge in [0.05, 0.1) is 34.6 Å². The van der Waals surface area contributed by atoms with Crippen LogP contribution in [0.5, 0.6) is 0 Å². The summed E-state index contributed by atoms with van der Waals surface area (Å²) in [6, 6.07) is 6.11. The van der Waals surface area contributed by atoms with E-state index in [2.05, 4.69) is 20.2 Å². The molecular formula is C24H21FN6O3S2. The first-order valence-electron chi connectivity index (χ1n) is 11.4. The number of carbonyl (C=O) groups excluding carboxylic acids is 1. The van der Waals surface area contributed by atoms with E-state index in [1.54, 1.807) is 37.1 Å². The number of hydrogen-bond acceptors (Lipinski definition) is 8. The summed E-state index contributed by atoms with van der Waals surface area (Å²) in [5.74, 6) is -0.522. The van der Waals surface area contributed by atoms with Gasteiger partial charge >= 0.3 is 0 Å². The summed E-state index contributed by atoms with van der Waals surface area (Å²) >= 11 is 1.24. The molecule has 0 N–H and O–H groups in total. The van der Waals surface area contributed by atoms with Gasteiger partial charge in [-0.1, -0.05) is 5.57 Å². The van der Waals surface area contributed by atoms with Crippen molar-refractivity contribution in [2.24, 2.45) is 12.5 Å². The molecule has 0 spiro atoms. The molecule has 4 aromatic rings. The largest absolute Gasteiger partial charge is 0.299 e. The van der Waals surface area contributed by atoms with Crippen LogP contribution in [0.15, 0.2) is 59.0 Å². The second-order valence-corrected chi connectivity index (χ2v) is 12.2. The quantitative estimate of drug-likeness (QED) is 0.368. The Hall–Kier alpha value is -3.51. The zero-order valence-electron chi connectivity index (χ0n) is 19.2. The van der Waals surface area contributed by atoms with E-state index in [9.17, 15) is 17.6 Å². The van der Waals surface area contributed by atoms with Crippen molar-refractivity contribution in [2.45, 2.75) is 36.0 Å². The van der Waals surface area contributed by atoms with Gasteiger partial charge in [0.15, 0.2) is 10.0 Å². The van der Waals surface area contributed by atoms with Crippen LogP contribution in [0, 0.1) is 11.2 Å². The van der Waals surface area contributed by atoms with E-state index in [0.717, 1.165) is 17.0 Å². The zero-order chi connectivity index (χ0) is 25.1. The molecule has 3 heterocycles. The van der Waals surface area contributed by atoms with Gasteiger partial charge in [-0.2, -0.15) is 9.90 Å². The molecule has 2 aliphatic rings. The fraction of sp³-hybridized carbons (Fsp3) is 0.292. The molecule has 1 fully saturated rings. The number of ketones is 1. The number of nitrogens with zero attached hydrogens (tertiary/aromatic N) is 6. The van der Waals surface area contributed by atoms with E-state index in [4.69, 9.17) is 0 Å². The predicted octanol–water partition coefficient (Wildman–Crippen LogP) is 3.43. The highest BCUT2D eigenvalue weighted by Crippen LogP contribution is 2.51.